The lowest BCUT2D eigenvalue weighted by molar-refractivity contribution is -0.132. The molecule has 1 aliphatic heterocycles. The molecule has 4 aliphatic rings. The van der Waals surface area contributed by atoms with Crippen LogP contribution in [0, 0.1) is 17.3 Å². The van der Waals surface area contributed by atoms with Gasteiger partial charge in [-0.05, 0) is 54.2 Å². The first-order chi connectivity index (χ1) is 18.3. The predicted molar refractivity (Wildman–Crippen MR) is 153 cm³/mol. The summed E-state index contributed by atoms with van der Waals surface area (Å²) in [6.45, 7) is 10.0. The van der Waals surface area contributed by atoms with Crippen molar-refractivity contribution < 1.29 is 9.59 Å². The van der Waals surface area contributed by atoms with Crippen molar-refractivity contribution in [1.82, 2.24) is 14.7 Å². The largest absolute Gasteiger partial charge is 0.340 e. The van der Waals surface area contributed by atoms with E-state index >= 15 is 0 Å². The molecule has 2 amide bonds. The van der Waals surface area contributed by atoms with Crippen molar-refractivity contribution in [3.05, 3.63) is 82.4 Å². The molecule has 0 aromatic heterocycles. The van der Waals surface area contributed by atoms with Crippen molar-refractivity contribution in [2.24, 2.45) is 17.3 Å². The van der Waals surface area contributed by atoms with Crippen LogP contribution in [0.15, 0.2) is 66.2 Å². The molecule has 0 N–H and O–H groups in total. The summed E-state index contributed by atoms with van der Waals surface area (Å²) in [5, 5.41) is 0.506. The summed E-state index contributed by atoms with van der Waals surface area (Å²) in [5.41, 5.74) is 3.51. The Kier molecular flexibility index (Phi) is 8.25. The van der Waals surface area contributed by atoms with Gasteiger partial charge in [0.15, 0.2) is 0 Å². The van der Waals surface area contributed by atoms with E-state index in [2.05, 4.69) is 37.0 Å². The lowest BCUT2D eigenvalue weighted by Crippen LogP contribution is -2.52. The molecule has 2 atom stereocenters. The monoisotopic (exact) mass is 533 g/mol. The topological polar surface area (TPSA) is 43.9 Å². The zero-order chi connectivity index (χ0) is 26.7. The van der Waals surface area contributed by atoms with Crippen LogP contribution in [0.25, 0.3) is 0 Å². The number of fused-ring (bicyclic) bond motifs is 1. The number of aryl methyl sites for hydroxylation is 1. The lowest BCUT2D eigenvalue weighted by atomic mass is 9.49. The van der Waals surface area contributed by atoms with E-state index in [0.29, 0.717) is 41.4 Å². The van der Waals surface area contributed by atoms with Crippen molar-refractivity contribution in [2.75, 3.05) is 45.8 Å². The van der Waals surface area contributed by atoms with Crippen LogP contribution >= 0.6 is 11.6 Å². The Morgan fingerprint density at radius 2 is 1.71 bits per heavy atom. The van der Waals surface area contributed by atoms with Crippen LogP contribution in [0.3, 0.4) is 0 Å². The highest BCUT2D eigenvalue weighted by molar-refractivity contribution is 6.33. The molecule has 2 aromatic rings. The summed E-state index contributed by atoms with van der Waals surface area (Å²) in [6, 6.07) is 17.6. The molecule has 0 radical (unpaired) electrons. The van der Waals surface area contributed by atoms with Gasteiger partial charge in [-0.15, -0.1) is 0 Å². The lowest BCUT2D eigenvalue weighted by Gasteiger charge is -2.57. The van der Waals surface area contributed by atoms with Crippen LogP contribution in [0.1, 0.15) is 49.0 Å². The fourth-order valence-electron chi connectivity index (χ4n) is 6.47. The molecule has 2 bridgehead atoms. The molecule has 0 spiro atoms. The highest BCUT2D eigenvalue weighted by Gasteiger charge is 2.51. The maximum Gasteiger partial charge on any atom is 0.255 e. The van der Waals surface area contributed by atoms with Crippen LogP contribution in [-0.4, -0.2) is 72.3 Å². The minimum Gasteiger partial charge on any atom is -0.340 e. The maximum atomic E-state index is 13.7. The Bertz CT molecular complexity index is 1170. The van der Waals surface area contributed by atoms with Gasteiger partial charge in [0, 0.05) is 52.2 Å². The standard InChI is InChI=1S/C32H40ClN3O2/c1-32(2)26-14-13-25(28(32)22-26)23-36(31(38)27-10-6-7-11-29(27)33)21-18-34-16-19-35(20-17-34)30(37)15-12-24-8-4-3-5-9-24/h3-11,13,26,28H,12,14-23H2,1-2H3. The number of benzene rings is 2. The van der Waals surface area contributed by atoms with E-state index in [1.165, 1.54) is 17.6 Å². The van der Waals surface area contributed by atoms with Crippen LogP contribution in [0.4, 0.5) is 0 Å². The highest BCUT2D eigenvalue weighted by atomic mass is 35.5. The number of hydrogen-bond acceptors (Lipinski definition) is 3. The number of carbonyl (C=O) groups excluding carboxylic acids is 2. The van der Waals surface area contributed by atoms with E-state index < -0.39 is 0 Å². The highest BCUT2D eigenvalue weighted by Crippen LogP contribution is 2.59. The molecule has 38 heavy (non-hydrogen) atoms. The fraction of sp³-hybridized carbons (Fsp3) is 0.500. The SMILES string of the molecule is CC1(C)C2CC=C(CN(CCN3CCN(C(=O)CCc4ccccc4)CC3)C(=O)c3ccccc3Cl)C1C2. The molecule has 6 rings (SSSR count). The molecule has 1 saturated heterocycles. The molecule has 202 valence electrons. The molecule has 1 heterocycles. The quantitative estimate of drug-likeness (QED) is 0.397. The van der Waals surface area contributed by atoms with E-state index in [4.69, 9.17) is 11.6 Å². The number of allylic oxidation sites excluding steroid dienone is 1. The van der Waals surface area contributed by atoms with Gasteiger partial charge in [0.1, 0.15) is 0 Å². The van der Waals surface area contributed by atoms with E-state index in [-0.39, 0.29) is 11.8 Å². The number of nitrogens with zero attached hydrogens (tertiary/aromatic N) is 3. The van der Waals surface area contributed by atoms with Crippen molar-refractivity contribution in [3.63, 3.8) is 0 Å². The van der Waals surface area contributed by atoms with Crippen LogP contribution < -0.4 is 0 Å². The minimum absolute atomic E-state index is 0.00507. The zero-order valence-electron chi connectivity index (χ0n) is 22.7. The van der Waals surface area contributed by atoms with Gasteiger partial charge in [-0.1, -0.05) is 79.6 Å². The number of rotatable bonds is 9. The average Bonchev–Trinajstić information content (AvgIpc) is 2.94. The molecular weight excluding hydrogens is 494 g/mol. The summed E-state index contributed by atoms with van der Waals surface area (Å²) in [5.74, 6) is 1.57. The number of hydrogen-bond donors (Lipinski definition) is 0. The molecular formula is C32H40ClN3O2. The first-order valence-electron chi connectivity index (χ1n) is 14.1. The first kappa shape index (κ1) is 27.0. The van der Waals surface area contributed by atoms with Crippen LogP contribution in [0.2, 0.25) is 5.02 Å². The van der Waals surface area contributed by atoms with Crippen molar-refractivity contribution in [1.29, 1.82) is 0 Å². The Morgan fingerprint density at radius 1 is 1.00 bits per heavy atom. The molecule has 1 saturated carbocycles. The number of piperazine rings is 1. The van der Waals surface area contributed by atoms with Crippen molar-refractivity contribution in [2.45, 2.75) is 39.5 Å². The second kappa shape index (κ2) is 11.6. The summed E-state index contributed by atoms with van der Waals surface area (Å²) in [4.78, 5) is 32.8. The van der Waals surface area contributed by atoms with E-state index in [0.717, 1.165) is 51.5 Å². The molecule has 2 unspecified atom stereocenters. The van der Waals surface area contributed by atoms with Gasteiger partial charge in [-0.25, -0.2) is 0 Å². The van der Waals surface area contributed by atoms with E-state index in [1.54, 1.807) is 6.07 Å². The minimum atomic E-state index is 0.00507. The second-order valence-corrected chi connectivity index (χ2v) is 12.1. The maximum absolute atomic E-state index is 13.7. The Balaban J connectivity index is 1.17. The van der Waals surface area contributed by atoms with Gasteiger partial charge >= 0.3 is 0 Å². The second-order valence-electron chi connectivity index (χ2n) is 11.7. The van der Waals surface area contributed by atoms with Gasteiger partial charge in [0.2, 0.25) is 5.91 Å². The van der Waals surface area contributed by atoms with E-state index in [9.17, 15) is 9.59 Å². The van der Waals surface area contributed by atoms with Gasteiger partial charge in [0.05, 0.1) is 10.6 Å². The smallest absolute Gasteiger partial charge is 0.255 e. The molecule has 2 aromatic carbocycles. The number of halogens is 1. The third kappa shape index (κ3) is 5.84. The number of amides is 2. The van der Waals surface area contributed by atoms with Crippen molar-refractivity contribution >= 4 is 23.4 Å². The molecule has 5 nitrogen and oxygen atoms in total. The summed E-state index contributed by atoms with van der Waals surface area (Å²) >= 11 is 6.44. The van der Waals surface area contributed by atoms with Gasteiger partial charge in [-0.3, -0.25) is 14.5 Å². The third-order valence-corrected chi connectivity index (χ3v) is 9.56. The molecule has 6 heteroatoms. The summed E-state index contributed by atoms with van der Waals surface area (Å²) in [6.07, 6.45) is 6.09. The van der Waals surface area contributed by atoms with Gasteiger partial charge in [-0.2, -0.15) is 0 Å². The zero-order valence-corrected chi connectivity index (χ0v) is 23.5. The summed E-state index contributed by atoms with van der Waals surface area (Å²) < 4.78 is 0. The average molecular weight is 534 g/mol. The summed E-state index contributed by atoms with van der Waals surface area (Å²) in [7, 11) is 0. The first-order valence-corrected chi connectivity index (χ1v) is 14.5. The third-order valence-electron chi connectivity index (χ3n) is 9.23. The van der Waals surface area contributed by atoms with Gasteiger partial charge in [0.25, 0.3) is 5.91 Å². The Labute approximate surface area is 232 Å². The Hall–Kier alpha value is -2.63. The Morgan fingerprint density at radius 3 is 2.39 bits per heavy atom. The van der Waals surface area contributed by atoms with E-state index in [1.807, 2.05) is 46.2 Å². The number of carbonyl (C=O) groups is 2. The predicted octanol–water partition coefficient (Wildman–Crippen LogP) is 5.55. The fourth-order valence-corrected chi connectivity index (χ4v) is 6.69. The van der Waals surface area contributed by atoms with Crippen LogP contribution in [0.5, 0.6) is 0 Å². The molecule has 3 aliphatic carbocycles. The van der Waals surface area contributed by atoms with Crippen molar-refractivity contribution in [3.8, 4) is 0 Å². The van der Waals surface area contributed by atoms with Crippen LogP contribution in [-0.2, 0) is 11.2 Å². The molecule has 2 fully saturated rings. The van der Waals surface area contributed by atoms with Gasteiger partial charge < -0.3 is 9.80 Å². The normalized spacial score (nSPS) is 22.4.